The Kier molecular flexibility index (Phi) is 6.40. The van der Waals surface area contributed by atoms with Crippen molar-refractivity contribution in [1.29, 1.82) is 0 Å². The smallest absolute Gasteiger partial charge is 0.412 e. The van der Waals surface area contributed by atoms with Gasteiger partial charge >= 0.3 is 12.1 Å². The number of carbonyl (C=O) groups excluding carboxylic acids is 2. The summed E-state index contributed by atoms with van der Waals surface area (Å²) in [6.45, 7) is 6.00. The third kappa shape index (κ3) is 6.70. The molecule has 6 heteroatoms. The van der Waals surface area contributed by atoms with Crippen molar-refractivity contribution in [3.05, 3.63) is 6.92 Å². The van der Waals surface area contributed by atoms with Gasteiger partial charge in [-0.15, -0.1) is 0 Å². The highest BCUT2D eigenvalue weighted by Crippen LogP contribution is 1.96. The van der Waals surface area contributed by atoms with Crippen LogP contribution in [0.15, 0.2) is 0 Å². The number of alkyl halides is 1. The van der Waals surface area contributed by atoms with Crippen LogP contribution in [0.25, 0.3) is 0 Å². The van der Waals surface area contributed by atoms with E-state index in [2.05, 4.69) is 16.4 Å². The van der Waals surface area contributed by atoms with E-state index in [-0.39, 0.29) is 12.3 Å². The highest BCUT2D eigenvalue weighted by atomic mass is 19.1. The summed E-state index contributed by atoms with van der Waals surface area (Å²) in [5, 5.41) is 1.85. The number of hydrogen-bond donors (Lipinski definition) is 1. The lowest BCUT2D eigenvalue weighted by Gasteiger charge is -2.10. The van der Waals surface area contributed by atoms with E-state index in [9.17, 15) is 14.0 Å². The molecule has 0 saturated carbocycles. The SMILES string of the molecule is [CH2]CC(F)NC(=O)OCOC(=O)C(C)C. The second-order valence-corrected chi connectivity index (χ2v) is 3.07. The first-order valence-corrected chi connectivity index (χ1v) is 4.50. The van der Waals surface area contributed by atoms with Crippen molar-refractivity contribution in [2.24, 2.45) is 5.92 Å². The molecule has 1 N–H and O–H groups in total. The van der Waals surface area contributed by atoms with Crippen molar-refractivity contribution in [3.63, 3.8) is 0 Å². The molecule has 0 aromatic heterocycles. The van der Waals surface area contributed by atoms with E-state index in [1.807, 2.05) is 5.32 Å². The number of alkyl carbamates (subject to hydrolysis) is 1. The zero-order valence-corrected chi connectivity index (χ0v) is 8.79. The Balaban J connectivity index is 3.60. The van der Waals surface area contributed by atoms with Gasteiger partial charge in [0.25, 0.3) is 0 Å². The molecule has 0 rings (SSSR count). The fraction of sp³-hybridized carbons (Fsp3) is 0.667. The second-order valence-electron chi connectivity index (χ2n) is 3.07. The quantitative estimate of drug-likeness (QED) is 0.432. The predicted octanol–water partition coefficient (Wildman–Crippen LogP) is 1.39. The molecular weight excluding hydrogens is 205 g/mol. The average molecular weight is 220 g/mol. The zero-order chi connectivity index (χ0) is 11.8. The van der Waals surface area contributed by atoms with Crippen molar-refractivity contribution in [1.82, 2.24) is 5.32 Å². The third-order valence-corrected chi connectivity index (χ3v) is 1.39. The van der Waals surface area contributed by atoms with Gasteiger partial charge in [0.1, 0.15) is 0 Å². The summed E-state index contributed by atoms with van der Waals surface area (Å²) in [6, 6.07) is 0. The van der Waals surface area contributed by atoms with Crippen molar-refractivity contribution >= 4 is 12.1 Å². The average Bonchev–Trinajstić information content (AvgIpc) is 2.17. The van der Waals surface area contributed by atoms with Gasteiger partial charge in [-0.05, 0) is 13.3 Å². The van der Waals surface area contributed by atoms with Gasteiger partial charge in [-0.1, -0.05) is 13.8 Å². The normalized spacial score (nSPS) is 12.1. The summed E-state index contributed by atoms with van der Waals surface area (Å²) >= 11 is 0. The Morgan fingerprint density at radius 3 is 2.47 bits per heavy atom. The Morgan fingerprint density at radius 2 is 2.00 bits per heavy atom. The van der Waals surface area contributed by atoms with Gasteiger partial charge in [0.15, 0.2) is 6.30 Å². The van der Waals surface area contributed by atoms with Crippen molar-refractivity contribution in [2.75, 3.05) is 6.79 Å². The number of esters is 1. The van der Waals surface area contributed by atoms with Crippen LogP contribution in [0.4, 0.5) is 9.18 Å². The minimum Gasteiger partial charge on any atom is -0.428 e. The minimum atomic E-state index is -1.56. The van der Waals surface area contributed by atoms with Crippen LogP contribution in [0.1, 0.15) is 20.3 Å². The molecule has 5 nitrogen and oxygen atoms in total. The summed E-state index contributed by atoms with van der Waals surface area (Å²) in [5.74, 6) is -0.790. The van der Waals surface area contributed by atoms with Crippen LogP contribution in [0.3, 0.4) is 0 Å². The number of carbonyl (C=O) groups is 2. The minimum absolute atomic E-state index is 0.0963. The predicted molar refractivity (Wildman–Crippen MR) is 50.3 cm³/mol. The van der Waals surface area contributed by atoms with Crippen LogP contribution in [-0.2, 0) is 14.3 Å². The lowest BCUT2D eigenvalue weighted by Crippen LogP contribution is -2.32. The van der Waals surface area contributed by atoms with E-state index in [1.165, 1.54) is 0 Å². The Morgan fingerprint density at radius 1 is 1.40 bits per heavy atom. The molecule has 0 saturated heterocycles. The summed E-state index contributed by atoms with van der Waals surface area (Å²) in [4.78, 5) is 21.7. The second kappa shape index (κ2) is 7.03. The summed E-state index contributed by atoms with van der Waals surface area (Å²) in [7, 11) is 0. The first-order chi connectivity index (χ1) is 6.97. The molecule has 87 valence electrons. The third-order valence-electron chi connectivity index (χ3n) is 1.39. The van der Waals surface area contributed by atoms with E-state index in [1.54, 1.807) is 13.8 Å². The fourth-order valence-corrected chi connectivity index (χ4v) is 0.549. The van der Waals surface area contributed by atoms with Gasteiger partial charge in [0, 0.05) is 0 Å². The fourth-order valence-electron chi connectivity index (χ4n) is 0.549. The maximum Gasteiger partial charge on any atom is 0.412 e. The maximum absolute atomic E-state index is 12.5. The molecule has 0 aliphatic rings. The molecule has 1 atom stereocenters. The number of amides is 1. The molecule has 1 unspecified atom stereocenters. The van der Waals surface area contributed by atoms with Crippen LogP contribution < -0.4 is 5.32 Å². The number of ether oxygens (including phenoxy) is 2. The molecule has 0 heterocycles. The molecule has 1 radical (unpaired) electrons. The largest absolute Gasteiger partial charge is 0.428 e. The molecule has 0 bridgehead atoms. The van der Waals surface area contributed by atoms with E-state index in [4.69, 9.17) is 0 Å². The van der Waals surface area contributed by atoms with Crippen molar-refractivity contribution < 1.29 is 23.5 Å². The topological polar surface area (TPSA) is 64.6 Å². The lowest BCUT2D eigenvalue weighted by atomic mass is 10.2. The molecule has 0 aliphatic heterocycles. The molecular formula is C9H15FNO4. The van der Waals surface area contributed by atoms with Crippen LogP contribution >= 0.6 is 0 Å². The van der Waals surface area contributed by atoms with Gasteiger partial charge in [-0.2, -0.15) is 0 Å². The van der Waals surface area contributed by atoms with E-state index in [0.717, 1.165) is 0 Å². The van der Waals surface area contributed by atoms with Crippen LogP contribution in [0.5, 0.6) is 0 Å². The van der Waals surface area contributed by atoms with Crippen LogP contribution in [-0.4, -0.2) is 25.2 Å². The zero-order valence-electron chi connectivity index (χ0n) is 8.79. The first kappa shape index (κ1) is 13.7. The van der Waals surface area contributed by atoms with E-state index < -0.39 is 25.2 Å². The number of nitrogens with one attached hydrogen (secondary N) is 1. The standard InChI is InChI=1S/C9H15FNO4/c1-4-7(10)11-9(13)15-5-14-8(12)6(2)3/h6-7H,1,4-5H2,2-3H3,(H,11,13). The molecule has 0 aromatic rings. The van der Waals surface area contributed by atoms with Gasteiger partial charge in [0.05, 0.1) is 5.92 Å². The maximum atomic E-state index is 12.5. The summed E-state index contributed by atoms with van der Waals surface area (Å²) in [5.41, 5.74) is 0. The van der Waals surface area contributed by atoms with Crippen LogP contribution in [0.2, 0.25) is 0 Å². The molecule has 15 heavy (non-hydrogen) atoms. The van der Waals surface area contributed by atoms with Gasteiger partial charge in [-0.3, -0.25) is 10.1 Å². The molecule has 1 amide bonds. The number of hydrogen-bond acceptors (Lipinski definition) is 4. The highest BCUT2D eigenvalue weighted by molar-refractivity contribution is 5.72. The van der Waals surface area contributed by atoms with Crippen molar-refractivity contribution in [3.8, 4) is 0 Å². The molecule has 0 spiro atoms. The summed E-state index contributed by atoms with van der Waals surface area (Å²) in [6.07, 6.45) is -2.64. The van der Waals surface area contributed by atoms with Crippen molar-refractivity contribution in [2.45, 2.75) is 26.6 Å². The van der Waals surface area contributed by atoms with Gasteiger partial charge in [0.2, 0.25) is 6.79 Å². The van der Waals surface area contributed by atoms with Gasteiger partial charge in [-0.25, -0.2) is 9.18 Å². The van der Waals surface area contributed by atoms with Crippen LogP contribution in [0, 0.1) is 12.8 Å². The first-order valence-electron chi connectivity index (χ1n) is 4.50. The Bertz CT molecular complexity index is 220. The Hall–Kier alpha value is -1.33. The molecule has 0 fully saturated rings. The lowest BCUT2D eigenvalue weighted by molar-refractivity contribution is -0.155. The number of rotatable bonds is 5. The monoisotopic (exact) mass is 220 g/mol. The highest BCUT2D eigenvalue weighted by Gasteiger charge is 2.11. The van der Waals surface area contributed by atoms with Gasteiger partial charge < -0.3 is 9.47 Å². The molecule has 0 aromatic carbocycles. The Labute approximate surface area is 87.9 Å². The summed E-state index contributed by atoms with van der Waals surface area (Å²) < 4.78 is 21.4. The van der Waals surface area contributed by atoms with E-state index >= 15 is 0 Å². The number of halogens is 1. The van der Waals surface area contributed by atoms with E-state index in [0.29, 0.717) is 0 Å². The molecule has 0 aliphatic carbocycles.